The zero-order valence-corrected chi connectivity index (χ0v) is 8.55. The number of rotatable bonds is 4. The average molecular weight is 217 g/mol. The first kappa shape index (κ1) is 10.6. The molecule has 1 nitrogen and oxygen atoms in total. The van der Waals surface area contributed by atoms with Crippen LogP contribution >= 0.6 is 23.2 Å². The van der Waals surface area contributed by atoms with Crippen LogP contribution in [0.15, 0.2) is 30.3 Å². The molecule has 0 bridgehead atoms. The van der Waals surface area contributed by atoms with Gasteiger partial charge in [0.1, 0.15) is 0 Å². The molecule has 0 amide bonds. The van der Waals surface area contributed by atoms with Crippen molar-refractivity contribution in [2.24, 2.45) is 5.92 Å². The van der Waals surface area contributed by atoms with Gasteiger partial charge >= 0.3 is 0 Å². The largest absolute Gasteiger partial charge is 0.281 e. The molecule has 0 radical (unpaired) electrons. The summed E-state index contributed by atoms with van der Waals surface area (Å²) in [5.74, 6) is 0.00256. The first-order valence-electron chi connectivity index (χ1n) is 4.03. The maximum absolute atomic E-state index is 10.9. The summed E-state index contributed by atoms with van der Waals surface area (Å²) in [6.07, 6.45) is 0.618. The molecular weight excluding hydrogens is 207 g/mol. The van der Waals surface area contributed by atoms with Crippen LogP contribution in [0.25, 0.3) is 0 Å². The van der Waals surface area contributed by atoms with Gasteiger partial charge in [0.05, 0.1) is 5.92 Å². The van der Waals surface area contributed by atoms with Crippen molar-refractivity contribution in [2.45, 2.75) is 6.42 Å². The molecule has 0 saturated carbocycles. The van der Waals surface area contributed by atoms with Gasteiger partial charge in [0, 0.05) is 5.88 Å². The Bertz CT molecular complexity index is 272. The molecule has 0 unspecified atom stereocenters. The fourth-order valence-corrected chi connectivity index (χ4v) is 1.58. The predicted octanol–water partition coefficient (Wildman–Crippen LogP) is 2.85. The molecule has 1 atom stereocenters. The number of halogens is 2. The van der Waals surface area contributed by atoms with Crippen LogP contribution in [0.2, 0.25) is 0 Å². The van der Waals surface area contributed by atoms with Crippen molar-refractivity contribution < 1.29 is 4.79 Å². The Kier molecular flexibility index (Phi) is 4.26. The Balaban J connectivity index is 2.62. The molecule has 0 N–H and O–H groups in total. The molecule has 0 spiro atoms. The van der Waals surface area contributed by atoms with Crippen molar-refractivity contribution in [1.29, 1.82) is 0 Å². The van der Waals surface area contributed by atoms with Gasteiger partial charge in [-0.05, 0) is 23.6 Å². The van der Waals surface area contributed by atoms with Crippen LogP contribution in [-0.2, 0) is 11.2 Å². The Morgan fingerprint density at radius 2 is 1.92 bits per heavy atom. The minimum atomic E-state index is -0.362. The molecule has 1 aromatic rings. The van der Waals surface area contributed by atoms with Crippen LogP contribution in [0.1, 0.15) is 5.56 Å². The molecule has 1 aromatic carbocycles. The molecule has 0 fully saturated rings. The summed E-state index contributed by atoms with van der Waals surface area (Å²) in [5.41, 5.74) is 1.09. The lowest BCUT2D eigenvalue weighted by molar-refractivity contribution is -0.114. The summed E-state index contributed by atoms with van der Waals surface area (Å²) in [6.45, 7) is 0. The normalized spacial score (nSPS) is 12.5. The molecule has 0 aliphatic heterocycles. The van der Waals surface area contributed by atoms with Crippen molar-refractivity contribution in [3.05, 3.63) is 35.9 Å². The van der Waals surface area contributed by atoms with Gasteiger partial charge in [0.25, 0.3) is 0 Å². The predicted molar refractivity (Wildman–Crippen MR) is 55.2 cm³/mol. The van der Waals surface area contributed by atoms with Crippen LogP contribution in [0.4, 0.5) is 0 Å². The van der Waals surface area contributed by atoms with Gasteiger partial charge in [-0.1, -0.05) is 30.3 Å². The van der Waals surface area contributed by atoms with Crippen LogP contribution < -0.4 is 0 Å². The molecule has 0 saturated heterocycles. The lowest BCUT2D eigenvalue weighted by Gasteiger charge is -2.07. The molecule has 0 aliphatic carbocycles. The van der Waals surface area contributed by atoms with Crippen LogP contribution in [-0.4, -0.2) is 11.1 Å². The minimum absolute atomic E-state index is 0.272. The van der Waals surface area contributed by atoms with Crippen molar-refractivity contribution in [3.8, 4) is 0 Å². The van der Waals surface area contributed by atoms with Crippen LogP contribution in [0.5, 0.6) is 0 Å². The third kappa shape index (κ3) is 3.37. The lowest BCUT2D eigenvalue weighted by atomic mass is 10.0. The van der Waals surface area contributed by atoms with Gasteiger partial charge in [-0.2, -0.15) is 0 Å². The van der Waals surface area contributed by atoms with Gasteiger partial charge < -0.3 is 0 Å². The summed E-state index contributed by atoms with van der Waals surface area (Å²) in [4.78, 5) is 10.9. The lowest BCUT2D eigenvalue weighted by Crippen LogP contribution is -2.13. The van der Waals surface area contributed by atoms with Crippen molar-refractivity contribution in [3.63, 3.8) is 0 Å². The van der Waals surface area contributed by atoms with Crippen molar-refractivity contribution in [2.75, 3.05) is 5.88 Å². The zero-order valence-electron chi connectivity index (χ0n) is 7.04. The van der Waals surface area contributed by atoms with E-state index in [-0.39, 0.29) is 17.0 Å². The third-order valence-electron chi connectivity index (χ3n) is 1.83. The Labute approximate surface area is 87.7 Å². The highest BCUT2D eigenvalue weighted by atomic mass is 35.5. The van der Waals surface area contributed by atoms with Gasteiger partial charge in [-0.3, -0.25) is 4.79 Å². The highest BCUT2D eigenvalue weighted by Crippen LogP contribution is 2.12. The van der Waals surface area contributed by atoms with E-state index in [0.717, 1.165) is 5.56 Å². The topological polar surface area (TPSA) is 17.1 Å². The summed E-state index contributed by atoms with van der Waals surface area (Å²) in [6, 6.07) is 9.71. The standard InChI is InChI=1S/C10H10Cl2O/c11-7-9(10(12)13)6-8-4-2-1-3-5-8/h1-5,9H,6-7H2/t9-/m1/s1. The second kappa shape index (κ2) is 5.25. The molecule has 13 heavy (non-hydrogen) atoms. The van der Waals surface area contributed by atoms with E-state index in [9.17, 15) is 4.79 Å². The second-order valence-electron chi connectivity index (χ2n) is 2.85. The maximum atomic E-state index is 10.9. The molecule has 70 valence electrons. The van der Waals surface area contributed by atoms with Gasteiger partial charge in [0.15, 0.2) is 0 Å². The number of carbonyl (C=O) groups is 1. The number of hydrogen-bond donors (Lipinski definition) is 0. The quantitative estimate of drug-likeness (QED) is 0.559. The van der Waals surface area contributed by atoms with E-state index in [1.165, 1.54) is 0 Å². The summed E-state index contributed by atoms with van der Waals surface area (Å²) in [5, 5.41) is -0.362. The number of benzene rings is 1. The minimum Gasteiger partial charge on any atom is -0.281 e. The van der Waals surface area contributed by atoms with E-state index in [2.05, 4.69) is 0 Å². The van der Waals surface area contributed by atoms with Gasteiger partial charge in [-0.15, -0.1) is 11.6 Å². The summed E-state index contributed by atoms with van der Waals surface area (Å²) < 4.78 is 0. The van der Waals surface area contributed by atoms with E-state index in [0.29, 0.717) is 6.42 Å². The average Bonchev–Trinajstić information content (AvgIpc) is 2.15. The molecular formula is C10H10Cl2O. The Morgan fingerprint density at radius 1 is 1.31 bits per heavy atom. The highest BCUT2D eigenvalue weighted by Gasteiger charge is 2.14. The Hall–Kier alpha value is -0.530. The fraction of sp³-hybridized carbons (Fsp3) is 0.300. The molecule has 0 aromatic heterocycles. The first-order valence-corrected chi connectivity index (χ1v) is 4.94. The molecule has 3 heteroatoms. The molecule has 1 rings (SSSR count). The SMILES string of the molecule is O=C(Cl)[C@@H](CCl)Cc1ccccc1. The monoisotopic (exact) mass is 216 g/mol. The third-order valence-corrected chi connectivity index (χ3v) is 2.51. The molecule has 0 heterocycles. The number of carbonyl (C=O) groups excluding carboxylic acids is 1. The molecule has 0 aliphatic rings. The van der Waals surface area contributed by atoms with Crippen molar-refractivity contribution in [1.82, 2.24) is 0 Å². The summed E-state index contributed by atoms with van der Waals surface area (Å²) >= 11 is 11.0. The van der Waals surface area contributed by atoms with Crippen molar-refractivity contribution >= 4 is 28.4 Å². The Morgan fingerprint density at radius 3 is 2.38 bits per heavy atom. The zero-order chi connectivity index (χ0) is 9.68. The van der Waals surface area contributed by atoms with E-state index in [1.807, 2.05) is 30.3 Å². The van der Waals surface area contributed by atoms with Gasteiger partial charge in [-0.25, -0.2) is 0 Å². The van der Waals surface area contributed by atoms with E-state index >= 15 is 0 Å². The number of alkyl halides is 1. The van der Waals surface area contributed by atoms with E-state index < -0.39 is 0 Å². The highest BCUT2D eigenvalue weighted by molar-refractivity contribution is 6.64. The maximum Gasteiger partial charge on any atom is 0.226 e. The number of hydrogen-bond acceptors (Lipinski definition) is 1. The van der Waals surface area contributed by atoms with Gasteiger partial charge in [0.2, 0.25) is 5.24 Å². The fourth-order valence-electron chi connectivity index (χ4n) is 1.09. The van der Waals surface area contributed by atoms with E-state index in [4.69, 9.17) is 23.2 Å². The van der Waals surface area contributed by atoms with E-state index in [1.54, 1.807) is 0 Å². The van der Waals surface area contributed by atoms with Crippen LogP contribution in [0, 0.1) is 5.92 Å². The summed E-state index contributed by atoms with van der Waals surface area (Å²) in [7, 11) is 0. The van der Waals surface area contributed by atoms with Crippen LogP contribution in [0.3, 0.4) is 0 Å². The smallest absolute Gasteiger partial charge is 0.226 e. The first-order chi connectivity index (χ1) is 6.24. The second-order valence-corrected chi connectivity index (χ2v) is 3.53.